The van der Waals surface area contributed by atoms with Gasteiger partial charge in [-0.05, 0) is 59.2 Å². The summed E-state index contributed by atoms with van der Waals surface area (Å²) < 4.78 is 11.8. The van der Waals surface area contributed by atoms with Gasteiger partial charge in [0.2, 0.25) is 0 Å². The molecule has 0 spiro atoms. The Hall–Kier alpha value is -1.33. The van der Waals surface area contributed by atoms with Crippen molar-refractivity contribution in [1.29, 1.82) is 0 Å². The minimum absolute atomic E-state index is 0.330. The summed E-state index contributed by atoms with van der Waals surface area (Å²) in [5, 5.41) is 0. The number of hydrogen-bond acceptors (Lipinski definition) is 4. The lowest BCUT2D eigenvalue weighted by Gasteiger charge is -2.32. The zero-order valence-electron chi connectivity index (χ0n) is 13.2. The zero-order valence-corrected chi connectivity index (χ0v) is 13.2. The number of nitrogens with two attached hydrogens (primary N) is 1. The third-order valence-electron chi connectivity index (χ3n) is 4.11. The summed E-state index contributed by atoms with van der Waals surface area (Å²) in [6, 6.07) is 1.97. The number of aromatic nitrogens is 1. The minimum atomic E-state index is -0.373. The lowest BCUT2D eigenvalue weighted by Crippen LogP contribution is -2.41. The molecule has 0 bridgehead atoms. The normalized spacial score (nSPS) is 20.8. The Kier molecular flexibility index (Phi) is 3.69. The lowest BCUT2D eigenvalue weighted by atomic mass is 9.89. The van der Waals surface area contributed by atoms with Crippen LogP contribution in [0.3, 0.4) is 0 Å². The summed E-state index contributed by atoms with van der Waals surface area (Å²) in [6.07, 6.45) is 1.87. The maximum atomic E-state index is 6.05. The van der Waals surface area contributed by atoms with Crippen LogP contribution in [0.1, 0.15) is 44.6 Å². The van der Waals surface area contributed by atoms with Crippen LogP contribution in [0.5, 0.6) is 0 Å². The first-order valence-corrected chi connectivity index (χ1v) is 6.90. The van der Waals surface area contributed by atoms with Crippen LogP contribution in [0.15, 0.2) is 12.0 Å². The molecule has 4 nitrogen and oxygen atoms in total. The molecule has 2 rings (SSSR count). The van der Waals surface area contributed by atoms with Crippen molar-refractivity contribution in [1.82, 2.24) is 4.98 Å². The van der Waals surface area contributed by atoms with Crippen LogP contribution in [0.2, 0.25) is 0 Å². The molecule has 1 aromatic rings. The van der Waals surface area contributed by atoms with Crippen LogP contribution in [-0.2, 0) is 9.31 Å². The molecule has 2 N–H and O–H groups in total. The molecule has 1 saturated heterocycles. The zero-order chi connectivity index (χ0) is 15.1. The average molecular weight is 274 g/mol. The summed E-state index contributed by atoms with van der Waals surface area (Å²) in [7, 11) is -0.373. The highest BCUT2D eigenvalue weighted by atomic mass is 16.7. The van der Waals surface area contributed by atoms with Gasteiger partial charge in [0.1, 0.15) is 0 Å². The highest BCUT2D eigenvalue weighted by Gasteiger charge is 2.50. The molecule has 0 amide bonds. The molecule has 5 heteroatoms. The number of aryl methyl sites for hydroxylation is 2. The molecule has 0 aromatic carbocycles. The van der Waals surface area contributed by atoms with Crippen molar-refractivity contribution in [2.24, 2.45) is 0 Å². The molecule has 1 fully saturated rings. The number of nitrogen functional groups attached to an aromatic ring is 1. The average Bonchev–Trinajstić information content (AvgIpc) is 2.50. The fraction of sp³-hybridized carbons (Fsp3) is 0.533. The van der Waals surface area contributed by atoms with Gasteiger partial charge in [0.05, 0.1) is 22.6 Å². The minimum Gasteiger partial charge on any atom is -0.400 e. The number of pyridine rings is 1. The van der Waals surface area contributed by atoms with Crippen LogP contribution >= 0.6 is 0 Å². The van der Waals surface area contributed by atoms with Gasteiger partial charge in [0.25, 0.3) is 0 Å². The van der Waals surface area contributed by atoms with E-state index in [4.69, 9.17) is 15.0 Å². The number of anilines is 1. The molecule has 108 valence electrons. The topological polar surface area (TPSA) is 57.4 Å². The van der Waals surface area contributed by atoms with Crippen LogP contribution in [0.25, 0.3) is 6.08 Å². The molecule has 1 aliphatic heterocycles. The summed E-state index contributed by atoms with van der Waals surface area (Å²) >= 11 is 0. The van der Waals surface area contributed by atoms with E-state index in [1.807, 2.05) is 59.7 Å². The molecular formula is C15H23BN2O2. The Morgan fingerprint density at radius 1 is 1.15 bits per heavy atom. The maximum absolute atomic E-state index is 6.05. The van der Waals surface area contributed by atoms with E-state index in [2.05, 4.69) is 4.98 Å². The fourth-order valence-corrected chi connectivity index (χ4v) is 2.14. The number of nitrogens with zero attached hydrogens (tertiary/aromatic N) is 1. The summed E-state index contributed by atoms with van der Waals surface area (Å²) in [6.45, 7) is 12.1. The largest absolute Gasteiger partial charge is 0.487 e. The molecule has 1 aliphatic rings. The van der Waals surface area contributed by atoms with Gasteiger partial charge in [-0.1, -0.05) is 5.98 Å². The monoisotopic (exact) mass is 274 g/mol. The van der Waals surface area contributed by atoms with Crippen LogP contribution in [0, 0.1) is 13.8 Å². The van der Waals surface area contributed by atoms with E-state index in [-0.39, 0.29) is 18.3 Å². The van der Waals surface area contributed by atoms with Crippen molar-refractivity contribution < 1.29 is 9.31 Å². The quantitative estimate of drug-likeness (QED) is 0.842. The predicted octanol–water partition coefficient (Wildman–Crippen LogP) is 2.93. The van der Waals surface area contributed by atoms with Crippen molar-refractivity contribution in [2.75, 3.05) is 5.73 Å². The smallest absolute Gasteiger partial charge is 0.400 e. The Labute approximate surface area is 121 Å². The van der Waals surface area contributed by atoms with E-state index in [0.29, 0.717) is 5.69 Å². The van der Waals surface area contributed by atoms with Gasteiger partial charge in [0.15, 0.2) is 0 Å². The fourth-order valence-electron chi connectivity index (χ4n) is 2.14. The van der Waals surface area contributed by atoms with E-state index in [1.165, 1.54) is 0 Å². The summed E-state index contributed by atoms with van der Waals surface area (Å²) in [5.41, 5.74) is 8.83. The number of rotatable bonds is 2. The first-order chi connectivity index (χ1) is 9.12. The molecule has 0 radical (unpaired) electrons. The Morgan fingerprint density at radius 3 is 2.25 bits per heavy atom. The van der Waals surface area contributed by atoms with Crippen LogP contribution < -0.4 is 5.73 Å². The van der Waals surface area contributed by atoms with Crippen molar-refractivity contribution in [3.05, 3.63) is 29.0 Å². The molecule has 0 unspecified atom stereocenters. The van der Waals surface area contributed by atoms with E-state index >= 15 is 0 Å². The van der Waals surface area contributed by atoms with Gasteiger partial charge in [-0.3, -0.25) is 4.98 Å². The molecule has 20 heavy (non-hydrogen) atoms. The third kappa shape index (κ3) is 2.74. The maximum Gasteiger partial charge on any atom is 0.487 e. The van der Waals surface area contributed by atoms with Crippen LogP contribution in [-0.4, -0.2) is 23.3 Å². The second-order valence-electron chi connectivity index (χ2n) is 6.36. The number of hydrogen-bond donors (Lipinski definition) is 1. The van der Waals surface area contributed by atoms with Gasteiger partial charge >= 0.3 is 7.12 Å². The van der Waals surface area contributed by atoms with Crippen molar-refractivity contribution in [2.45, 2.75) is 52.7 Å². The molecule has 0 saturated carbocycles. The van der Waals surface area contributed by atoms with E-state index < -0.39 is 0 Å². The molecular weight excluding hydrogens is 251 g/mol. The van der Waals surface area contributed by atoms with Gasteiger partial charge in [-0.2, -0.15) is 0 Å². The standard InChI is InChI=1S/C15H23BN2O2/c1-10-9-11(2)18-12(13(10)17)7-8-16-19-14(3,4)15(5,6)20-16/h7-9H,17H2,1-6H3/b8-7+. The van der Waals surface area contributed by atoms with Crippen molar-refractivity contribution in [3.8, 4) is 0 Å². The molecule has 2 heterocycles. The van der Waals surface area contributed by atoms with Crippen LogP contribution in [0.4, 0.5) is 5.69 Å². The predicted molar refractivity (Wildman–Crippen MR) is 83.2 cm³/mol. The SMILES string of the molecule is Cc1cc(C)c(N)c(/C=C/B2OC(C)(C)C(C)(C)O2)n1. The second kappa shape index (κ2) is 4.90. The summed E-state index contributed by atoms with van der Waals surface area (Å²) in [4.78, 5) is 4.44. The van der Waals surface area contributed by atoms with E-state index in [1.54, 1.807) is 0 Å². The molecule has 0 aliphatic carbocycles. The first-order valence-electron chi connectivity index (χ1n) is 6.90. The van der Waals surface area contributed by atoms with Gasteiger partial charge < -0.3 is 15.0 Å². The highest BCUT2D eigenvalue weighted by molar-refractivity contribution is 6.52. The van der Waals surface area contributed by atoms with Gasteiger partial charge in [-0.25, -0.2) is 0 Å². The Morgan fingerprint density at radius 2 is 1.70 bits per heavy atom. The first kappa shape index (κ1) is 15.1. The van der Waals surface area contributed by atoms with Gasteiger partial charge in [0, 0.05) is 5.69 Å². The van der Waals surface area contributed by atoms with E-state index in [9.17, 15) is 0 Å². The Bertz CT molecular complexity index is 537. The second-order valence-corrected chi connectivity index (χ2v) is 6.36. The third-order valence-corrected chi connectivity index (χ3v) is 4.11. The van der Waals surface area contributed by atoms with Crippen molar-refractivity contribution in [3.63, 3.8) is 0 Å². The van der Waals surface area contributed by atoms with Gasteiger partial charge in [-0.15, -0.1) is 0 Å². The highest BCUT2D eigenvalue weighted by Crippen LogP contribution is 2.37. The summed E-state index contributed by atoms with van der Waals surface area (Å²) in [5.74, 6) is 1.87. The lowest BCUT2D eigenvalue weighted by molar-refractivity contribution is 0.00578. The molecule has 1 aromatic heterocycles. The Balaban J connectivity index is 2.20. The molecule has 0 atom stereocenters. The van der Waals surface area contributed by atoms with E-state index in [0.717, 1.165) is 17.0 Å². The van der Waals surface area contributed by atoms with Crippen molar-refractivity contribution >= 4 is 18.9 Å².